The van der Waals surface area contributed by atoms with Crippen LogP contribution in [0, 0.1) is 0 Å². The summed E-state index contributed by atoms with van der Waals surface area (Å²) < 4.78 is 11.8. The summed E-state index contributed by atoms with van der Waals surface area (Å²) in [6.45, 7) is 5.00. The molecule has 1 saturated heterocycles. The number of hydrogen-bond acceptors (Lipinski definition) is 7. The van der Waals surface area contributed by atoms with E-state index < -0.39 is 0 Å². The Hall–Kier alpha value is -2.68. The monoisotopic (exact) mass is 454 g/mol. The van der Waals surface area contributed by atoms with E-state index in [9.17, 15) is 4.79 Å². The maximum absolute atomic E-state index is 13.5. The molecular weight excluding hydrogens is 424 g/mol. The Bertz CT molecular complexity index is 1050. The van der Waals surface area contributed by atoms with Crippen molar-refractivity contribution in [2.24, 2.45) is 0 Å². The second-order valence-corrected chi connectivity index (χ2v) is 9.04. The Morgan fingerprint density at radius 2 is 1.91 bits per heavy atom. The van der Waals surface area contributed by atoms with E-state index in [2.05, 4.69) is 4.90 Å². The average Bonchev–Trinajstić information content (AvgIpc) is 3.25. The van der Waals surface area contributed by atoms with Crippen LogP contribution in [0.15, 0.2) is 42.5 Å². The van der Waals surface area contributed by atoms with Crippen LogP contribution >= 0.6 is 11.3 Å². The second kappa shape index (κ2) is 10.3. The molecule has 1 aliphatic rings. The van der Waals surface area contributed by atoms with Crippen molar-refractivity contribution in [2.45, 2.75) is 6.42 Å². The van der Waals surface area contributed by atoms with Gasteiger partial charge in [0.05, 0.1) is 30.5 Å². The summed E-state index contributed by atoms with van der Waals surface area (Å²) in [6, 6.07) is 13.5. The number of carbonyl (C=O) groups excluding carboxylic acids is 1. The van der Waals surface area contributed by atoms with Crippen LogP contribution in [0.1, 0.15) is 16.8 Å². The molecule has 1 aromatic heterocycles. The highest BCUT2D eigenvalue weighted by Crippen LogP contribution is 2.32. The minimum Gasteiger partial charge on any atom is -0.497 e. The van der Waals surface area contributed by atoms with Crippen molar-refractivity contribution in [3.63, 3.8) is 0 Å². The molecule has 0 N–H and O–H groups in total. The van der Waals surface area contributed by atoms with Gasteiger partial charge in [0.25, 0.3) is 5.91 Å². The Kier molecular flexibility index (Phi) is 7.24. The number of ether oxygens (including phenoxy) is 2. The van der Waals surface area contributed by atoms with Gasteiger partial charge < -0.3 is 14.4 Å². The summed E-state index contributed by atoms with van der Waals surface area (Å²) in [6.07, 6.45) is 0.876. The molecule has 1 aliphatic heterocycles. The van der Waals surface area contributed by atoms with Crippen molar-refractivity contribution in [2.75, 3.05) is 70.4 Å². The number of thiazole rings is 1. The van der Waals surface area contributed by atoms with Gasteiger partial charge in [-0.2, -0.15) is 0 Å². The van der Waals surface area contributed by atoms with Crippen molar-refractivity contribution >= 4 is 38.3 Å². The third kappa shape index (κ3) is 5.20. The lowest BCUT2D eigenvalue weighted by Crippen LogP contribution is -2.39. The molecule has 7 nitrogen and oxygen atoms in total. The molecule has 32 heavy (non-hydrogen) atoms. The van der Waals surface area contributed by atoms with Gasteiger partial charge in [0.2, 0.25) is 0 Å². The first-order valence-corrected chi connectivity index (χ1v) is 11.7. The fraction of sp³-hybridized carbons (Fsp3) is 0.417. The van der Waals surface area contributed by atoms with Gasteiger partial charge in [0.1, 0.15) is 5.75 Å². The number of benzene rings is 2. The maximum Gasteiger partial charge on any atom is 0.260 e. The molecule has 3 aromatic rings. The topological polar surface area (TPSA) is 58.1 Å². The molecule has 0 bridgehead atoms. The SMILES string of the molecule is COc1ccc2nc(N(CCCN3CCOCC3)C(=O)c3ccc(N(C)C)cc3)sc2c1. The van der Waals surface area contributed by atoms with Crippen LogP contribution in [0.25, 0.3) is 10.2 Å². The zero-order valence-electron chi connectivity index (χ0n) is 18.9. The molecule has 0 atom stereocenters. The maximum atomic E-state index is 13.5. The second-order valence-electron chi connectivity index (χ2n) is 8.04. The first-order chi connectivity index (χ1) is 15.5. The largest absolute Gasteiger partial charge is 0.497 e. The first-order valence-electron chi connectivity index (χ1n) is 10.9. The molecule has 2 heterocycles. The van der Waals surface area contributed by atoms with E-state index >= 15 is 0 Å². The zero-order valence-corrected chi connectivity index (χ0v) is 19.7. The quantitative estimate of drug-likeness (QED) is 0.517. The van der Waals surface area contributed by atoms with Crippen LogP contribution < -0.4 is 14.5 Å². The lowest BCUT2D eigenvalue weighted by atomic mass is 10.1. The van der Waals surface area contributed by atoms with Gasteiger partial charge in [0.15, 0.2) is 5.13 Å². The van der Waals surface area contributed by atoms with E-state index in [0.29, 0.717) is 12.1 Å². The standard InChI is InChI=1S/C24H30N4O3S/c1-26(2)19-7-5-18(6-8-19)23(29)28(12-4-11-27-13-15-31-16-14-27)24-25-21-10-9-20(30-3)17-22(21)32-24/h5-10,17H,4,11-16H2,1-3H3. The Morgan fingerprint density at radius 3 is 2.59 bits per heavy atom. The van der Waals surface area contributed by atoms with Gasteiger partial charge in [-0.15, -0.1) is 0 Å². The highest BCUT2D eigenvalue weighted by Gasteiger charge is 2.22. The van der Waals surface area contributed by atoms with Gasteiger partial charge >= 0.3 is 0 Å². The van der Waals surface area contributed by atoms with Crippen molar-refractivity contribution in [1.82, 2.24) is 9.88 Å². The number of nitrogens with zero attached hydrogens (tertiary/aromatic N) is 4. The fourth-order valence-electron chi connectivity index (χ4n) is 3.75. The number of anilines is 2. The van der Waals surface area contributed by atoms with E-state index in [1.165, 1.54) is 11.3 Å². The molecule has 1 amide bonds. The van der Waals surface area contributed by atoms with Crippen LogP contribution in [0.2, 0.25) is 0 Å². The van der Waals surface area contributed by atoms with E-state index in [1.807, 2.05) is 66.4 Å². The molecule has 2 aromatic carbocycles. The number of methoxy groups -OCH3 is 1. The molecule has 0 aliphatic carbocycles. The van der Waals surface area contributed by atoms with E-state index in [-0.39, 0.29) is 5.91 Å². The number of carbonyl (C=O) groups is 1. The first kappa shape index (κ1) is 22.5. The van der Waals surface area contributed by atoms with Crippen molar-refractivity contribution < 1.29 is 14.3 Å². The molecule has 0 spiro atoms. The molecule has 0 unspecified atom stereocenters. The number of rotatable bonds is 8. The summed E-state index contributed by atoms with van der Waals surface area (Å²) in [5, 5.41) is 0.719. The van der Waals surface area contributed by atoms with E-state index in [1.54, 1.807) is 7.11 Å². The fourth-order valence-corrected chi connectivity index (χ4v) is 4.77. The number of morpholine rings is 1. The zero-order chi connectivity index (χ0) is 22.5. The molecule has 4 rings (SSSR count). The van der Waals surface area contributed by atoms with Crippen molar-refractivity contribution in [1.29, 1.82) is 0 Å². The van der Waals surface area contributed by atoms with Gasteiger partial charge in [0, 0.05) is 51.5 Å². The summed E-state index contributed by atoms with van der Waals surface area (Å²) in [7, 11) is 5.64. The minimum atomic E-state index is -0.0247. The molecular formula is C24H30N4O3S. The highest BCUT2D eigenvalue weighted by molar-refractivity contribution is 7.22. The third-order valence-corrected chi connectivity index (χ3v) is 6.69. The molecule has 170 valence electrons. The van der Waals surface area contributed by atoms with Gasteiger partial charge in [-0.05, 0) is 48.9 Å². The number of hydrogen-bond donors (Lipinski definition) is 0. The lowest BCUT2D eigenvalue weighted by molar-refractivity contribution is 0.0376. The van der Waals surface area contributed by atoms with Crippen LogP contribution in [-0.4, -0.2) is 76.4 Å². The Morgan fingerprint density at radius 1 is 1.16 bits per heavy atom. The summed E-state index contributed by atoms with van der Waals surface area (Å²) in [5.41, 5.74) is 2.60. The van der Waals surface area contributed by atoms with Crippen LogP contribution in [0.5, 0.6) is 5.75 Å². The lowest BCUT2D eigenvalue weighted by Gasteiger charge is -2.27. The smallest absolute Gasteiger partial charge is 0.260 e. The summed E-state index contributed by atoms with van der Waals surface area (Å²) >= 11 is 1.52. The minimum absolute atomic E-state index is 0.0247. The van der Waals surface area contributed by atoms with Gasteiger partial charge in [-0.3, -0.25) is 14.6 Å². The van der Waals surface area contributed by atoms with Crippen LogP contribution in [-0.2, 0) is 4.74 Å². The van der Waals surface area contributed by atoms with Crippen molar-refractivity contribution in [3.8, 4) is 5.75 Å². The van der Waals surface area contributed by atoms with E-state index in [0.717, 1.165) is 66.1 Å². The molecule has 0 saturated carbocycles. The average molecular weight is 455 g/mol. The molecule has 8 heteroatoms. The number of amides is 1. The summed E-state index contributed by atoms with van der Waals surface area (Å²) in [4.78, 5) is 24.5. The third-order valence-electron chi connectivity index (χ3n) is 5.65. The predicted molar refractivity (Wildman–Crippen MR) is 130 cm³/mol. The van der Waals surface area contributed by atoms with Crippen molar-refractivity contribution in [3.05, 3.63) is 48.0 Å². The molecule has 1 fully saturated rings. The highest BCUT2D eigenvalue weighted by atomic mass is 32.1. The Balaban J connectivity index is 1.57. The Labute approximate surface area is 193 Å². The van der Waals surface area contributed by atoms with E-state index in [4.69, 9.17) is 14.5 Å². The summed E-state index contributed by atoms with van der Waals surface area (Å²) in [5.74, 6) is 0.764. The van der Waals surface area contributed by atoms with Crippen LogP contribution in [0.3, 0.4) is 0 Å². The molecule has 0 radical (unpaired) electrons. The predicted octanol–water partition coefficient (Wildman–Crippen LogP) is 3.74. The van der Waals surface area contributed by atoms with Crippen LogP contribution in [0.4, 0.5) is 10.8 Å². The van der Waals surface area contributed by atoms with Gasteiger partial charge in [-0.25, -0.2) is 4.98 Å². The van der Waals surface area contributed by atoms with Gasteiger partial charge in [-0.1, -0.05) is 11.3 Å². The number of aromatic nitrogens is 1. The normalized spacial score (nSPS) is 14.5. The number of fused-ring (bicyclic) bond motifs is 1.